The van der Waals surface area contributed by atoms with Crippen molar-refractivity contribution in [3.8, 4) is 0 Å². The van der Waals surface area contributed by atoms with Crippen molar-refractivity contribution < 1.29 is 14.1 Å². The molecule has 0 radical (unpaired) electrons. The molecule has 1 aromatic carbocycles. The summed E-state index contributed by atoms with van der Waals surface area (Å²) in [4.78, 5) is 25.9. The van der Waals surface area contributed by atoms with Gasteiger partial charge >= 0.3 is 0 Å². The standard InChI is InChI=1S/C15H14BrN3O3/c1-9-5-13(18-22-9)19-8-10(6-14(19)20)15(21)17-12-4-2-3-11(16)7-12/h2-5,7,10H,6,8H2,1H3,(H,17,21). The van der Waals surface area contributed by atoms with Crippen molar-refractivity contribution in [1.82, 2.24) is 5.16 Å². The second-order valence-corrected chi connectivity index (χ2v) is 6.12. The predicted octanol–water partition coefficient (Wildman–Crippen LogP) is 2.74. The molecule has 1 saturated heterocycles. The van der Waals surface area contributed by atoms with Crippen molar-refractivity contribution in [2.75, 3.05) is 16.8 Å². The SMILES string of the molecule is Cc1cc(N2CC(C(=O)Nc3cccc(Br)c3)CC2=O)no1. The molecule has 0 saturated carbocycles. The van der Waals surface area contributed by atoms with E-state index in [0.717, 1.165) is 4.47 Å². The molecule has 114 valence electrons. The lowest BCUT2D eigenvalue weighted by molar-refractivity contribution is -0.122. The first kappa shape index (κ1) is 14.8. The normalized spacial score (nSPS) is 17.8. The highest BCUT2D eigenvalue weighted by Crippen LogP contribution is 2.26. The third-order valence-electron chi connectivity index (χ3n) is 3.48. The fraction of sp³-hybridized carbons (Fsp3) is 0.267. The zero-order valence-corrected chi connectivity index (χ0v) is 13.5. The first-order chi connectivity index (χ1) is 10.5. The molecule has 1 fully saturated rings. The molecule has 6 nitrogen and oxygen atoms in total. The van der Waals surface area contributed by atoms with Crippen molar-refractivity contribution >= 4 is 39.2 Å². The zero-order valence-electron chi connectivity index (χ0n) is 11.9. The number of carbonyl (C=O) groups is 2. The van der Waals surface area contributed by atoms with Gasteiger partial charge in [0.2, 0.25) is 11.8 Å². The van der Waals surface area contributed by atoms with Crippen LogP contribution in [0.15, 0.2) is 39.3 Å². The minimum absolute atomic E-state index is 0.123. The summed E-state index contributed by atoms with van der Waals surface area (Å²) in [6.07, 6.45) is 0.172. The summed E-state index contributed by atoms with van der Waals surface area (Å²) in [6, 6.07) is 9.02. The summed E-state index contributed by atoms with van der Waals surface area (Å²) < 4.78 is 5.86. The molecule has 0 spiro atoms. The van der Waals surface area contributed by atoms with Gasteiger partial charge in [-0.15, -0.1) is 0 Å². The molecule has 2 heterocycles. The number of halogens is 1. The molecule has 1 aliphatic heterocycles. The topological polar surface area (TPSA) is 75.4 Å². The van der Waals surface area contributed by atoms with Gasteiger partial charge in [-0.3, -0.25) is 14.5 Å². The Labute approximate surface area is 135 Å². The fourth-order valence-corrected chi connectivity index (χ4v) is 2.79. The van der Waals surface area contributed by atoms with Crippen molar-refractivity contribution in [2.24, 2.45) is 5.92 Å². The Balaban J connectivity index is 1.68. The molecule has 22 heavy (non-hydrogen) atoms. The van der Waals surface area contributed by atoms with Crippen LogP contribution in [0.25, 0.3) is 0 Å². The molecule has 1 atom stereocenters. The number of benzene rings is 1. The van der Waals surface area contributed by atoms with E-state index in [1.807, 2.05) is 18.2 Å². The van der Waals surface area contributed by atoms with Gasteiger partial charge in [0, 0.05) is 29.2 Å². The van der Waals surface area contributed by atoms with Crippen LogP contribution < -0.4 is 10.2 Å². The van der Waals surface area contributed by atoms with Gasteiger partial charge in [0.1, 0.15) is 5.76 Å². The van der Waals surface area contributed by atoms with E-state index < -0.39 is 5.92 Å². The third kappa shape index (κ3) is 3.04. The van der Waals surface area contributed by atoms with E-state index >= 15 is 0 Å². The maximum atomic E-state index is 12.3. The Morgan fingerprint density at radius 2 is 2.27 bits per heavy atom. The maximum Gasteiger partial charge on any atom is 0.229 e. The smallest absolute Gasteiger partial charge is 0.229 e. The van der Waals surface area contributed by atoms with Crippen LogP contribution in [0.3, 0.4) is 0 Å². The lowest BCUT2D eigenvalue weighted by atomic mass is 10.1. The monoisotopic (exact) mass is 363 g/mol. The molecule has 2 aromatic rings. The molecule has 1 unspecified atom stereocenters. The summed E-state index contributed by atoms with van der Waals surface area (Å²) in [5, 5.41) is 6.66. The molecule has 1 aromatic heterocycles. The van der Waals surface area contributed by atoms with E-state index in [9.17, 15) is 9.59 Å². The number of nitrogens with zero attached hydrogens (tertiary/aromatic N) is 2. The highest BCUT2D eigenvalue weighted by Gasteiger charge is 2.36. The van der Waals surface area contributed by atoms with E-state index in [2.05, 4.69) is 26.4 Å². The summed E-state index contributed by atoms with van der Waals surface area (Å²) in [5.74, 6) is 0.394. The highest BCUT2D eigenvalue weighted by atomic mass is 79.9. The number of hydrogen-bond acceptors (Lipinski definition) is 4. The van der Waals surface area contributed by atoms with Crippen molar-refractivity contribution in [3.05, 3.63) is 40.6 Å². The van der Waals surface area contributed by atoms with Crippen LogP contribution in [-0.2, 0) is 9.59 Å². The Morgan fingerprint density at radius 1 is 1.45 bits per heavy atom. The summed E-state index contributed by atoms with van der Waals surface area (Å²) >= 11 is 3.36. The Morgan fingerprint density at radius 3 is 2.95 bits per heavy atom. The lowest BCUT2D eigenvalue weighted by Gasteiger charge is -2.13. The van der Waals surface area contributed by atoms with Gasteiger partial charge in [-0.05, 0) is 25.1 Å². The highest BCUT2D eigenvalue weighted by molar-refractivity contribution is 9.10. The average molecular weight is 364 g/mol. The van der Waals surface area contributed by atoms with Gasteiger partial charge in [0.15, 0.2) is 5.82 Å². The Kier molecular flexibility index (Phi) is 3.98. The first-order valence-electron chi connectivity index (χ1n) is 6.83. The molecule has 0 bridgehead atoms. The van der Waals surface area contributed by atoms with Crippen molar-refractivity contribution in [3.63, 3.8) is 0 Å². The number of aryl methyl sites for hydroxylation is 1. The molecule has 0 aliphatic carbocycles. The van der Waals surface area contributed by atoms with Crippen molar-refractivity contribution in [2.45, 2.75) is 13.3 Å². The first-order valence-corrected chi connectivity index (χ1v) is 7.62. The van der Waals surface area contributed by atoms with E-state index in [1.165, 1.54) is 4.90 Å². The lowest BCUT2D eigenvalue weighted by Crippen LogP contribution is -2.28. The van der Waals surface area contributed by atoms with E-state index in [0.29, 0.717) is 23.8 Å². The number of amides is 2. The van der Waals surface area contributed by atoms with Gasteiger partial charge in [-0.1, -0.05) is 27.2 Å². The number of nitrogens with one attached hydrogen (secondary N) is 1. The third-order valence-corrected chi connectivity index (χ3v) is 3.97. The summed E-state index contributed by atoms with van der Waals surface area (Å²) in [7, 11) is 0. The van der Waals surface area contributed by atoms with E-state index in [1.54, 1.807) is 19.1 Å². The van der Waals surface area contributed by atoms with Gasteiger partial charge in [-0.25, -0.2) is 0 Å². The second-order valence-electron chi connectivity index (χ2n) is 5.20. The quantitative estimate of drug-likeness (QED) is 0.909. The maximum absolute atomic E-state index is 12.3. The number of rotatable bonds is 3. The molecule has 1 N–H and O–H groups in total. The predicted molar refractivity (Wildman–Crippen MR) is 84.5 cm³/mol. The minimum Gasteiger partial charge on any atom is -0.360 e. The number of carbonyl (C=O) groups excluding carboxylic acids is 2. The van der Waals surface area contributed by atoms with Crippen LogP contribution in [0.1, 0.15) is 12.2 Å². The summed E-state index contributed by atoms with van der Waals surface area (Å²) in [6.45, 7) is 2.07. The van der Waals surface area contributed by atoms with E-state index in [4.69, 9.17) is 4.52 Å². The van der Waals surface area contributed by atoms with Crippen LogP contribution >= 0.6 is 15.9 Å². The molecular formula is C15H14BrN3O3. The molecule has 2 amide bonds. The number of anilines is 2. The Bertz CT molecular complexity index is 728. The zero-order chi connectivity index (χ0) is 15.7. The minimum atomic E-state index is -0.400. The van der Waals surface area contributed by atoms with Crippen molar-refractivity contribution in [1.29, 1.82) is 0 Å². The van der Waals surface area contributed by atoms with Crippen LogP contribution in [0.2, 0.25) is 0 Å². The van der Waals surface area contributed by atoms with Gasteiger partial charge < -0.3 is 9.84 Å². The van der Waals surface area contributed by atoms with Crippen LogP contribution in [0.5, 0.6) is 0 Å². The molecule has 3 rings (SSSR count). The second kappa shape index (κ2) is 5.92. The molecule has 7 heteroatoms. The molecular weight excluding hydrogens is 350 g/mol. The van der Waals surface area contributed by atoms with Crippen LogP contribution in [-0.4, -0.2) is 23.5 Å². The fourth-order valence-electron chi connectivity index (χ4n) is 2.40. The van der Waals surface area contributed by atoms with Gasteiger partial charge in [-0.2, -0.15) is 0 Å². The number of aromatic nitrogens is 1. The van der Waals surface area contributed by atoms with Crippen LogP contribution in [0, 0.1) is 12.8 Å². The van der Waals surface area contributed by atoms with Gasteiger partial charge in [0.05, 0.1) is 5.92 Å². The largest absolute Gasteiger partial charge is 0.360 e. The summed E-state index contributed by atoms with van der Waals surface area (Å²) in [5.41, 5.74) is 0.697. The average Bonchev–Trinajstić information content (AvgIpc) is 3.05. The van der Waals surface area contributed by atoms with Crippen LogP contribution in [0.4, 0.5) is 11.5 Å². The Hall–Kier alpha value is -2.15. The number of hydrogen-bond donors (Lipinski definition) is 1. The molecule has 1 aliphatic rings. The van der Waals surface area contributed by atoms with Gasteiger partial charge in [0.25, 0.3) is 0 Å². The van der Waals surface area contributed by atoms with E-state index in [-0.39, 0.29) is 18.2 Å².